The maximum Gasteiger partial charge on any atom is 0.252 e. The zero-order chi connectivity index (χ0) is 20.7. The number of aliphatic imine (C=N–C) groups is 1. The van der Waals surface area contributed by atoms with Gasteiger partial charge in [0.25, 0.3) is 10.0 Å². The lowest BCUT2D eigenvalue weighted by Crippen LogP contribution is -2.36. The maximum absolute atomic E-state index is 13.0. The first kappa shape index (κ1) is 21.7. The molecule has 3 rings (SSSR count). The monoisotopic (exact) mass is 438 g/mol. The van der Waals surface area contributed by atoms with E-state index in [2.05, 4.69) is 15.6 Å². The SMILES string of the molecule is CCNC(=NCc1ccc(F)cc1)NCc1ccc(S(=O)(=O)N2CCCCC2)s1. The quantitative estimate of drug-likeness (QED) is 0.514. The average molecular weight is 439 g/mol. The summed E-state index contributed by atoms with van der Waals surface area (Å²) in [7, 11) is -3.39. The molecule has 0 atom stereocenters. The van der Waals surface area contributed by atoms with Gasteiger partial charge >= 0.3 is 0 Å². The highest BCUT2D eigenvalue weighted by molar-refractivity contribution is 7.91. The molecule has 0 bridgehead atoms. The zero-order valence-electron chi connectivity index (χ0n) is 16.5. The largest absolute Gasteiger partial charge is 0.357 e. The molecule has 1 aromatic carbocycles. The Labute approximate surface area is 175 Å². The summed E-state index contributed by atoms with van der Waals surface area (Å²) >= 11 is 1.29. The van der Waals surface area contributed by atoms with Crippen LogP contribution < -0.4 is 10.6 Å². The number of sulfonamides is 1. The Bertz CT molecular complexity index is 920. The van der Waals surface area contributed by atoms with Gasteiger partial charge < -0.3 is 10.6 Å². The molecule has 9 heteroatoms. The van der Waals surface area contributed by atoms with Gasteiger partial charge in [0.1, 0.15) is 10.0 Å². The Morgan fingerprint density at radius 2 is 1.83 bits per heavy atom. The molecule has 1 aromatic heterocycles. The number of nitrogens with zero attached hydrogens (tertiary/aromatic N) is 2. The van der Waals surface area contributed by atoms with Crippen LogP contribution in [-0.4, -0.2) is 38.3 Å². The van der Waals surface area contributed by atoms with Crippen LogP contribution in [0.3, 0.4) is 0 Å². The summed E-state index contributed by atoms with van der Waals surface area (Å²) in [5, 5.41) is 6.40. The van der Waals surface area contributed by atoms with Gasteiger partial charge in [-0.05, 0) is 49.6 Å². The molecule has 158 valence electrons. The van der Waals surface area contributed by atoms with Crippen molar-refractivity contribution in [3.8, 4) is 0 Å². The fourth-order valence-corrected chi connectivity index (χ4v) is 6.06. The minimum absolute atomic E-state index is 0.268. The molecule has 29 heavy (non-hydrogen) atoms. The van der Waals surface area contributed by atoms with Crippen LogP contribution in [0.2, 0.25) is 0 Å². The van der Waals surface area contributed by atoms with Crippen molar-refractivity contribution in [3.63, 3.8) is 0 Å². The van der Waals surface area contributed by atoms with Crippen LogP contribution in [0.1, 0.15) is 36.6 Å². The van der Waals surface area contributed by atoms with E-state index in [4.69, 9.17) is 0 Å². The molecule has 0 amide bonds. The first-order valence-electron chi connectivity index (χ1n) is 9.84. The third kappa shape index (κ3) is 6.01. The Kier molecular flexibility index (Phi) is 7.63. The second kappa shape index (κ2) is 10.2. The topological polar surface area (TPSA) is 73.8 Å². The van der Waals surface area contributed by atoms with Crippen LogP contribution in [-0.2, 0) is 23.1 Å². The van der Waals surface area contributed by atoms with E-state index in [9.17, 15) is 12.8 Å². The van der Waals surface area contributed by atoms with Gasteiger partial charge in [-0.2, -0.15) is 4.31 Å². The minimum atomic E-state index is -3.39. The molecule has 1 aliphatic rings. The van der Waals surface area contributed by atoms with Crippen molar-refractivity contribution in [2.24, 2.45) is 4.99 Å². The predicted molar refractivity (Wildman–Crippen MR) is 115 cm³/mol. The molecule has 2 N–H and O–H groups in total. The second-order valence-electron chi connectivity index (χ2n) is 6.86. The fraction of sp³-hybridized carbons (Fsp3) is 0.450. The third-order valence-electron chi connectivity index (χ3n) is 4.65. The number of benzene rings is 1. The number of thiophene rings is 1. The lowest BCUT2D eigenvalue weighted by atomic mass is 10.2. The molecule has 0 saturated carbocycles. The third-order valence-corrected chi connectivity index (χ3v) is 8.10. The van der Waals surface area contributed by atoms with Gasteiger partial charge in [0, 0.05) is 24.5 Å². The van der Waals surface area contributed by atoms with Crippen LogP contribution in [0, 0.1) is 5.82 Å². The molecule has 6 nitrogen and oxygen atoms in total. The van der Waals surface area contributed by atoms with E-state index in [0.717, 1.165) is 29.7 Å². The minimum Gasteiger partial charge on any atom is -0.357 e. The van der Waals surface area contributed by atoms with Crippen LogP contribution in [0.5, 0.6) is 0 Å². The zero-order valence-corrected chi connectivity index (χ0v) is 18.2. The summed E-state index contributed by atoms with van der Waals surface area (Å²) in [4.78, 5) is 5.43. The molecular weight excluding hydrogens is 411 g/mol. The van der Waals surface area contributed by atoms with Crippen molar-refractivity contribution in [1.82, 2.24) is 14.9 Å². The standard InChI is InChI=1S/C20H27FN4O2S2/c1-2-22-20(23-14-16-6-8-17(21)9-7-16)24-15-18-10-11-19(28-18)29(26,27)25-12-4-3-5-13-25/h6-11H,2-5,12-15H2,1H3,(H2,22,23,24). The van der Waals surface area contributed by atoms with Crippen LogP contribution in [0.4, 0.5) is 4.39 Å². The van der Waals surface area contributed by atoms with Gasteiger partial charge in [-0.3, -0.25) is 0 Å². The molecule has 0 radical (unpaired) electrons. The van der Waals surface area contributed by atoms with E-state index in [1.807, 2.05) is 13.0 Å². The first-order chi connectivity index (χ1) is 14.0. The molecule has 1 fully saturated rings. The lowest BCUT2D eigenvalue weighted by molar-refractivity contribution is 0.347. The summed E-state index contributed by atoms with van der Waals surface area (Å²) in [5.41, 5.74) is 0.912. The van der Waals surface area contributed by atoms with E-state index in [1.54, 1.807) is 22.5 Å². The molecule has 0 unspecified atom stereocenters. The van der Waals surface area contributed by atoms with E-state index >= 15 is 0 Å². The number of rotatable bonds is 7. The lowest BCUT2D eigenvalue weighted by Gasteiger charge is -2.25. The molecule has 2 aromatic rings. The second-order valence-corrected chi connectivity index (χ2v) is 10.2. The average Bonchev–Trinajstić information content (AvgIpc) is 3.22. The van der Waals surface area contributed by atoms with Crippen molar-refractivity contribution in [2.45, 2.75) is 43.5 Å². The summed E-state index contributed by atoms with van der Waals surface area (Å²) in [6, 6.07) is 9.79. The number of piperidine rings is 1. The fourth-order valence-electron chi connectivity index (χ4n) is 3.10. The molecule has 1 aliphatic heterocycles. The van der Waals surface area contributed by atoms with Gasteiger partial charge in [0.05, 0.1) is 13.1 Å². The number of nitrogens with one attached hydrogen (secondary N) is 2. The Balaban J connectivity index is 1.61. The Hall–Kier alpha value is -1.97. The Morgan fingerprint density at radius 1 is 1.10 bits per heavy atom. The van der Waals surface area contributed by atoms with E-state index in [0.29, 0.717) is 42.9 Å². The van der Waals surface area contributed by atoms with Gasteiger partial charge in [-0.1, -0.05) is 18.6 Å². The van der Waals surface area contributed by atoms with E-state index in [1.165, 1.54) is 23.5 Å². The summed E-state index contributed by atoms with van der Waals surface area (Å²) in [5.74, 6) is 0.362. The van der Waals surface area contributed by atoms with Crippen LogP contribution >= 0.6 is 11.3 Å². The highest BCUT2D eigenvalue weighted by atomic mass is 32.2. The maximum atomic E-state index is 13.0. The number of hydrogen-bond donors (Lipinski definition) is 2. The molecule has 0 spiro atoms. The number of hydrogen-bond acceptors (Lipinski definition) is 4. The molecular formula is C20H27FN4O2S2. The van der Waals surface area contributed by atoms with Gasteiger partial charge in [0.15, 0.2) is 5.96 Å². The van der Waals surface area contributed by atoms with E-state index in [-0.39, 0.29) is 5.82 Å². The van der Waals surface area contributed by atoms with Crippen LogP contribution in [0.25, 0.3) is 0 Å². The van der Waals surface area contributed by atoms with Crippen molar-refractivity contribution in [1.29, 1.82) is 0 Å². The highest BCUT2D eigenvalue weighted by Crippen LogP contribution is 2.27. The molecule has 2 heterocycles. The van der Waals surface area contributed by atoms with Crippen molar-refractivity contribution in [2.75, 3.05) is 19.6 Å². The number of halogens is 1. The number of guanidine groups is 1. The van der Waals surface area contributed by atoms with Gasteiger partial charge in [-0.25, -0.2) is 17.8 Å². The van der Waals surface area contributed by atoms with Crippen molar-refractivity contribution >= 4 is 27.3 Å². The highest BCUT2D eigenvalue weighted by Gasteiger charge is 2.27. The normalized spacial score (nSPS) is 16.0. The van der Waals surface area contributed by atoms with E-state index < -0.39 is 10.0 Å². The summed E-state index contributed by atoms with van der Waals surface area (Å²) in [6.07, 6.45) is 2.95. The van der Waals surface area contributed by atoms with Gasteiger partial charge in [-0.15, -0.1) is 11.3 Å². The van der Waals surface area contributed by atoms with Crippen molar-refractivity contribution in [3.05, 3.63) is 52.7 Å². The predicted octanol–water partition coefficient (Wildman–Crippen LogP) is 3.32. The van der Waals surface area contributed by atoms with Crippen molar-refractivity contribution < 1.29 is 12.8 Å². The summed E-state index contributed by atoms with van der Waals surface area (Å²) in [6.45, 7) is 4.80. The Morgan fingerprint density at radius 3 is 2.52 bits per heavy atom. The van der Waals surface area contributed by atoms with Crippen LogP contribution in [0.15, 0.2) is 45.6 Å². The smallest absolute Gasteiger partial charge is 0.252 e. The van der Waals surface area contributed by atoms with Gasteiger partial charge in [0.2, 0.25) is 0 Å². The molecule has 0 aliphatic carbocycles. The summed E-state index contributed by atoms with van der Waals surface area (Å²) < 4.78 is 40.6. The first-order valence-corrected chi connectivity index (χ1v) is 12.1. The molecule has 1 saturated heterocycles.